The van der Waals surface area contributed by atoms with Gasteiger partial charge >= 0.3 is 5.97 Å². The Morgan fingerprint density at radius 3 is 2.50 bits per heavy atom. The van der Waals surface area contributed by atoms with Gasteiger partial charge in [-0.05, 0) is 37.7 Å². The lowest BCUT2D eigenvalue weighted by atomic mass is 10.1. The van der Waals surface area contributed by atoms with E-state index < -0.39 is 0 Å². The number of rotatable bonds is 3. The van der Waals surface area contributed by atoms with Gasteiger partial charge in [0.05, 0.1) is 12.7 Å². The Hall–Kier alpha value is -2.26. The molecule has 138 valence electrons. The summed E-state index contributed by atoms with van der Waals surface area (Å²) >= 11 is 7.08. The maximum atomic E-state index is 12.1. The number of piperazine rings is 1. The number of esters is 1. The third-order valence-electron chi connectivity index (χ3n) is 4.40. The number of ether oxygens (including phenoxy) is 1. The summed E-state index contributed by atoms with van der Waals surface area (Å²) in [6.07, 6.45) is 3.49. The monoisotopic (exact) mass is 391 g/mol. The minimum Gasteiger partial charge on any atom is -0.465 e. The van der Waals surface area contributed by atoms with E-state index in [1.165, 1.54) is 18.4 Å². The van der Waals surface area contributed by atoms with Crippen LogP contribution in [0.25, 0.3) is 0 Å². The Bertz CT molecular complexity index is 801. The molecular formula is C17H21N5O2S2. The van der Waals surface area contributed by atoms with E-state index in [1.54, 1.807) is 12.4 Å². The zero-order chi connectivity index (χ0) is 18.7. The number of aryl methyl sites for hydroxylation is 1. The molecule has 3 rings (SSSR count). The Morgan fingerprint density at radius 1 is 1.23 bits per heavy atom. The number of carbonyl (C=O) groups excluding carboxylic acids is 1. The number of thiophene rings is 1. The van der Waals surface area contributed by atoms with E-state index in [-0.39, 0.29) is 5.97 Å². The van der Waals surface area contributed by atoms with Crippen LogP contribution in [0.4, 0.5) is 10.9 Å². The Kier molecular flexibility index (Phi) is 5.67. The molecule has 0 radical (unpaired) electrons. The van der Waals surface area contributed by atoms with Crippen LogP contribution in [0.5, 0.6) is 0 Å². The molecule has 1 aliphatic heterocycles. The number of nitrogens with one attached hydrogen (secondary N) is 1. The lowest BCUT2D eigenvalue weighted by molar-refractivity contribution is 0.0601. The number of aromatic nitrogens is 2. The lowest BCUT2D eigenvalue weighted by Crippen LogP contribution is -2.50. The van der Waals surface area contributed by atoms with E-state index in [2.05, 4.69) is 25.1 Å². The smallest absolute Gasteiger partial charge is 0.341 e. The maximum Gasteiger partial charge on any atom is 0.341 e. The predicted octanol–water partition coefficient (Wildman–Crippen LogP) is 2.46. The van der Waals surface area contributed by atoms with Gasteiger partial charge in [0.25, 0.3) is 0 Å². The molecule has 1 aliphatic rings. The third-order valence-corrected chi connectivity index (χ3v) is 5.88. The Morgan fingerprint density at radius 2 is 1.88 bits per heavy atom. The second kappa shape index (κ2) is 7.96. The highest BCUT2D eigenvalue weighted by molar-refractivity contribution is 7.80. The number of hydrogen-bond donors (Lipinski definition) is 1. The number of thiocarbonyl (C=S) groups is 1. The molecule has 1 N–H and O–H groups in total. The summed E-state index contributed by atoms with van der Waals surface area (Å²) in [7, 11) is 1.39. The van der Waals surface area contributed by atoms with Crippen LogP contribution in [-0.4, -0.2) is 59.2 Å². The summed E-state index contributed by atoms with van der Waals surface area (Å²) in [6.45, 7) is 7.02. The zero-order valence-corrected chi connectivity index (χ0v) is 16.6. The highest BCUT2D eigenvalue weighted by Crippen LogP contribution is 2.33. The highest BCUT2D eigenvalue weighted by Gasteiger charge is 2.24. The van der Waals surface area contributed by atoms with Crippen molar-refractivity contribution < 1.29 is 9.53 Å². The second-order valence-electron chi connectivity index (χ2n) is 5.93. The number of nitrogens with zero attached hydrogens (tertiary/aromatic N) is 4. The number of methoxy groups -OCH3 is 1. The van der Waals surface area contributed by atoms with Gasteiger partial charge in [-0.25, -0.2) is 14.8 Å². The fraction of sp³-hybridized carbons (Fsp3) is 0.412. The standard InChI is InChI=1S/C17H21N5O2S2/c1-11-12(2)26-14(13(11)15(23)24-3)20-17(25)22-9-7-21(8-10-22)16-18-5-4-6-19-16/h4-6H,7-10H2,1-3H3,(H,20,25). The van der Waals surface area contributed by atoms with Crippen LogP contribution in [0.2, 0.25) is 0 Å². The number of carbonyl (C=O) groups is 1. The molecule has 0 aliphatic carbocycles. The van der Waals surface area contributed by atoms with Gasteiger partial charge in [0.1, 0.15) is 5.00 Å². The first kappa shape index (κ1) is 18.5. The van der Waals surface area contributed by atoms with Gasteiger partial charge in [-0.2, -0.15) is 0 Å². The third kappa shape index (κ3) is 3.78. The van der Waals surface area contributed by atoms with Crippen molar-refractivity contribution in [2.45, 2.75) is 13.8 Å². The first-order valence-electron chi connectivity index (χ1n) is 8.27. The molecule has 0 spiro atoms. The van der Waals surface area contributed by atoms with Gasteiger partial charge in [0, 0.05) is 43.4 Å². The highest BCUT2D eigenvalue weighted by atomic mass is 32.1. The molecule has 2 aromatic rings. The summed E-state index contributed by atoms with van der Waals surface area (Å²) in [5.41, 5.74) is 1.49. The van der Waals surface area contributed by atoms with Crippen molar-refractivity contribution in [1.29, 1.82) is 0 Å². The van der Waals surface area contributed by atoms with E-state index in [0.717, 1.165) is 47.6 Å². The normalized spacial score (nSPS) is 14.3. The molecule has 2 aromatic heterocycles. The Balaban J connectivity index is 1.65. The summed E-state index contributed by atoms with van der Waals surface area (Å²) in [6, 6.07) is 1.81. The molecule has 7 nitrogen and oxygen atoms in total. The Labute approximate surface area is 162 Å². The van der Waals surface area contributed by atoms with E-state index in [0.29, 0.717) is 10.7 Å². The molecule has 3 heterocycles. The first-order valence-corrected chi connectivity index (χ1v) is 9.50. The average Bonchev–Trinajstić information content (AvgIpc) is 2.95. The largest absolute Gasteiger partial charge is 0.465 e. The van der Waals surface area contributed by atoms with Crippen molar-refractivity contribution in [3.05, 3.63) is 34.5 Å². The summed E-state index contributed by atoms with van der Waals surface area (Å²) < 4.78 is 4.91. The lowest BCUT2D eigenvalue weighted by Gasteiger charge is -2.36. The fourth-order valence-corrected chi connectivity index (χ4v) is 4.20. The molecule has 0 aromatic carbocycles. The molecule has 26 heavy (non-hydrogen) atoms. The molecule has 0 amide bonds. The van der Waals surface area contributed by atoms with Crippen molar-refractivity contribution in [2.75, 3.05) is 43.5 Å². The topological polar surface area (TPSA) is 70.6 Å². The van der Waals surface area contributed by atoms with Gasteiger partial charge in [0.15, 0.2) is 5.11 Å². The minimum atomic E-state index is -0.344. The van der Waals surface area contributed by atoms with E-state index >= 15 is 0 Å². The van der Waals surface area contributed by atoms with E-state index in [9.17, 15) is 4.79 Å². The van der Waals surface area contributed by atoms with Gasteiger partial charge in [-0.15, -0.1) is 11.3 Å². The summed E-state index contributed by atoms with van der Waals surface area (Å²) in [5, 5.41) is 4.59. The van der Waals surface area contributed by atoms with Gasteiger partial charge in [0.2, 0.25) is 5.95 Å². The molecule has 1 fully saturated rings. The maximum absolute atomic E-state index is 12.1. The van der Waals surface area contributed by atoms with Gasteiger partial charge in [-0.1, -0.05) is 0 Å². The van der Waals surface area contributed by atoms with Crippen LogP contribution >= 0.6 is 23.6 Å². The second-order valence-corrected chi connectivity index (χ2v) is 7.54. The predicted molar refractivity (Wildman–Crippen MR) is 107 cm³/mol. The molecule has 0 saturated carbocycles. The molecule has 9 heteroatoms. The van der Waals surface area contributed by atoms with Crippen LogP contribution in [0, 0.1) is 13.8 Å². The van der Waals surface area contributed by atoms with E-state index in [4.69, 9.17) is 17.0 Å². The number of anilines is 2. The van der Waals surface area contributed by atoms with Gasteiger partial charge < -0.3 is 19.9 Å². The fourth-order valence-electron chi connectivity index (χ4n) is 2.80. The van der Waals surface area contributed by atoms with Crippen LogP contribution < -0.4 is 10.2 Å². The van der Waals surface area contributed by atoms with Crippen molar-refractivity contribution in [3.63, 3.8) is 0 Å². The van der Waals surface area contributed by atoms with Crippen molar-refractivity contribution in [3.8, 4) is 0 Å². The molecule has 0 bridgehead atoms. The van der Waals surface area contributed by atoms with Crippen LogP contribution in [0.1, 0.15) is 20.8 Å². The van der Waals surface area contributed by atoms with Crippen molar-refractivity contribution in [2.24, 2.45) is 0 Å². The van der Waals surface area contributed by atoms with Crippen molar-refractivity contribution in [1.82, 2.24) is 14.9 Å². The van der Waals surface area contributed by atoms with E-state index in [1.807, 2.05) is 19.9 Å². The SMILES string of the molecule is COC(=O)c1c(NC(=S)N2CCN(c3ncccn3)CC2)sc(C)c1C. The first-order chi connectivity index (χ1) is 12.5. The zero-order valence-electron chi connectivity index (χ0n) is 15.0. The van der Waals surface area contributed by atoms with Gasteiger partial charge in [-0.3, -0.25) is 0 Å². The molecular weight excluding hydrogens is 370 g/mol. The average molecular weight is 392 g/mol. The molecule has 1 saturated heterocycles. The molecule has 0 unspecified atom stereocenters. The van der Waals surface area contributed by atoms with Crippen LogP contribution in [0.3, 0.4) is 0 Å². The molecule has 0 atom stereocenters. The quantitative estimate of drug-likeness (QED) is 0.632. The minimum absolute atomic E-state index is 0.344. The number of hydrogen-bond acceptors (Lipinski definition) is 7. The summed E-state index contributed by atoms with van der Waals surface area (Å²) in [4.78, 5) is 26.0. The van der Waals surface area contributed by atoms with Crippen LogP contribution in [-0.2, 0) is 4.74 Å². The van der Waals surface area contributed by atoms with Crippen LogP contribution in [0.15, 0.2) is 18.5 Å². The summed E-state index contributed by atoms with van der Waals surface area (Å²) in [5.74, 6) is 0.395. The van der Waals surface area contributed by atoms with Crippen molar-refractivity contribution >= 4 is 45.6 Å².